The summed E-state index contributed by atoms with van der Waals surface area (Å²) >= 11 is 0. The number of carbonyl (C=O) groups is 1. The minimum absolute atomic E-state index is 0.0211. The maximum Gasteiger partial charge on any atom is 0.220 e. The molecule has 4 aliphatic carbocycles. The van der Waals surface area contributed by atoms with Gasteiger partial charge in [-0.3, -0.25) is 4.79 Å². The van der Waals surface area contributed by atoms with Gasteiger partial charge in [0.05, 0.1) is 19.8 Å². The fraction of sp³-hybridized carbons (Fsp3) is 0.769. The van der Waals surface area contributed by atoms with Gasteiger partial charge in [0, 0.05) is 30.2 Å². The van der Waals surface area contributed by atoms with E-state index in [2.05, 4.69) is 39.1 Å². The van der Waals surface area contributed by atoms with E-state index in [0.29, 0.717) is 29.2 Å². The molecule has 48 heavy (non-hydrogen) atoms. The molecule has 0 aromatic heterocycles. The van der Waals surface area contributed by atoms with Gasteiger partial charge in [-0.05, 0) is 104 Å². The van der Waals surface area contributed by atoms with E-state index < -0.39 is 42.7 Å². The van der Waals surface area contributed by atoms with Crippen molar-refractivity contribution in [3.8, 4) is 0 Å². The van der Waals surface area contributed by atoms with Gasteiger partial charge >= 0.3 is 0 Å². The number of halogens is 2. The lowest BCUT2D eigenvalue weighted by Gasteiger charge is -2.60. The zero-order chi connectivity index (χ0) is 34.4. The normalized spacial score (nSPS) is 39.7. The number of nitrogens with one attached hydrogen (secondary N) is 1. The number of carbonyl (C=O) groups excluding carboxylic acids is 1. The minimum Gasteiger partial charge on any atom is -0.394 e. The molecular formula is C39H57F2NO6. The van der Waals surface area contributed by atoms with Gasteiger partial charge in [0.25, 0.3) is 0 Å². The van der Waals surface area contributed by atoms with Crippen molar-refractivity contribution in [1.82, 2.24) is 5.32 Å². The van der Waals surface area contributed by atoms with Crippen LogP contribution in [0.1, 0.15) is 116 Å². The fourth-order valence-corrected chi connectivity index (χ4v) is 11.1. The molecule has 1 unspecified atom stereocenters. The summed E-state index contributed by atoms with van der Waals surface area (Å²) in [6.07, 6.45) is 10.6. The van der Waals surface area contributed by atoms with Crippen molar-refractivity contribution in [2.45, 2.75) is 129 Å². The van der Waals surface area contributed by atoms with Crippen LogP contribution in [0, 0.1) is 51.6 Å². The molecule has 3 saturated carbocycles. The molecule has 1 aromatic carbocycles. The number of hydrogen-bond acceptors (Lipinski definition) is 6. The molecule has 268 valence electrons. The quantitative estimate of drug-likeness (QED) is 0.157. The molecule has 0 radical (unpaired) electrons. The van der Waals surface area contributed by atoms with Crippen LogP contribution in [0.3, 0.4) is 0 Å². The minimum atomic E-state index is -1.47. The molecule has 5 aliphatic rings. The third-order valence-electron chi connectivity index (χ3n) is 14.4. The lowest BCUT2D eigenvalue weighted by atomic mass is 9.45. The number of fused-ring (bicyclic) bond motifs is 5. The Bertz CT molecular complexity index is 1370. The van der Waals surface area contributed by atoms with Gasteiger partial charge in [-0.25, -0.2) is 8.78 Å². The molecule has 0 spiro atoms. The van der Waals surface area contributed by atoms with E-state index in [9.17, 15) is 28.9 Å². The maximum atomic E-state index is 14.6. The van der Waals surface area contributed by atoms with Crippen LogP contribution in [0.5, 0.6) is 0 Å². The molecule has 1 aromatic rings. The third-order valence-corrected chi connectivity index (χ3v) is 14.4. The number of benzene rings is 1. The van der Waals surface area contributed by atoms with E-state index in [4.69, 9.17) is 9.47 Å². The first-order chi connectivity index (χ1) is 22.8. The van der Waals surface area contributed by atoms with Crippen molar-refractivity contribution in [2.75, 3.05) is 19.8 Å². The summed E-state index contributed by atoms with van der Waals surface area (Å²) in [6, 6.07) is 1.91. The molecule has 1 saturated heterocycles. The number of rotatable bonds is 11. The van der Waals surface area contributed by atoms with E-state index >= 15 is 0 Å². The molecular weight excluding hydrogens is 616 g/mol. The molecule has 0 bridgehead atoms. The zero-order valence-corrected chi connectivity index (χ0v) is 29.3. The van der Waals surface area contributed by atoms with Gasteiger partial charge in [-0.2, -0.15) is 0 Å². The second-order valence-corrected chi connectivity index (χ2v) is 16.4. The Labute approximate surface area is 284 Å². The molecule has 1 amide bonds. The number of hydrogen-bond donors (Lipinski definition) is 4. The number of amides is 1. The number of aliphatic hydroxyl groups excluding tert-OH is 3. The summed E-state index contributed by atoms with van der Waals surface area (Å²) in [5, 5.41) is 32.6. The molecule has 4 fully saturated rings. The second-order valence-electron chi connectivity index (χ2n) is 16.4. The van der Waals surface area contributed by atoms with Crippen molar-refractivity contribution in [2.24, 2.45) is 39.9 Å². The fourth-order valence-electron chi connectivity index (χ4n) is 11.1. The predicted molar refractivity (Wildman–Crippen MR) is 179 cm³/mol. The summed E-state index contributed by atoms with van der Waals surface area (Å²) in [7, 11) is 0. The topological polar surface area (TPSA) is 108 Å². The SMILES string of the molecule is C[C@H](CCC(=O)NCCOCc1cc([C@@H]2O[C@H](CO)C(O)[C@@H]2O)c(F)cc1F)[C@@]1(C)CC[C@H]2[C@@H]3CC=C4CCCC[C@]4(C)[C@H]3CC[C@@]21C. The van der Waals surface area contributed by atoms with Gasteiger partial charge < -0.3 is 30.1 Å². The highest BCUT2D eigenvalue weighted by molar-refractivity contribution is 5.75. The summed E-state index contributed by atoms with van der Waals surface area (Å²) in [5.74, 6) is 1.05. The van der Waals surface area contributed by atoms with Crippen LogP contribution < -0.4 is 5.32 Å². The lowest BCUT2D eigenvalue weighted by Crippen LogP contribution is -2.52. The monoisotopic (exact) mass is 673 g/mol. The highest BCUT2D eigenvalue weighted by Crippen LogP contribution is 2.71. The highest BCUT2D eigenvalue weighted by atomic mass is 19.1. The van der Waals surface area contributed by atoms with Crippen molar-refractivity contribution in [3.63, 3.8) is 0 Å². The van der Waals surface area contributed by atoms with Crippen molar-refractivity contribution in [3.05, 3.63) is 46.5 Å². The Kier molecular flexibility index (Phi) is 10.5. The largest absolute Gasteiger partial charge is 0.394 e. The van der Waals surface area contributed by atoms with E-state index in [-0.39, 0.29) is 42.2 Å². The first kappa shape index (κ1) is 35.9. The summed E-state index contributed by atoms with van der Waals surface area (Å²) in [6.45, 7) is 9.71. The summed E-state index contributed by atoms with van der Waals surface area (Å²) < 4.78 is 40.1. The second kappa shape index (κ2) is 14.0. The Morgan fingerprint density at radius 2 is 1.83 bits per heavy atom. The van der Waals surface area contributed by atoms with Gasteiger partial charge in [0.1, 0.15) is 36.1 Å². The van der Waals surface area contributed by atoms with Crippen molar-refractivity contribution >= 4 is 5.91 Å². The molecule has 7 nitrogen and oxygen atoms in total. The standard InChI is InChI=1S/C39H57F2NO6/c1-23(38(3)15-13-29-26-10-9-25-7-5-6-14-37(25,2)28(26)12-16-39(29,38)4)8-11-33(44)42-17-18-47-22-24-19-27(31(41)20-30(24)40)36-35(46)34(45)32(21-43)48-36/h9,19-20,23,26,28-29,32,34-36,43,45-46H,5-8,10-18,21-22H2,1-4H3,(H,42,44)/t23-,26-,28+,29+,32-,34?,35+,36+,37+,38-,39+/m1/s1. The van der Waals surface area contributed by atoms with Crippen LogP contribution in [0.25, 0.3) is 0 Å². The summed E-state index contributed by atoms with van der Waals surface area (Å²) in [5.41, 5.74) is 2.62. The predicted octanol–water partition coefficient (Wildman–Crippen LogP) is 6.53. The average molecular weight is 674 g/mol. The molecule has 9 heteroatoms. The Balaban J connectivity index is 0.967. The average Bonchev–Trinajstić information content (AvgIpc) is 3.51. The van der Waals surface area contributed by atoms with Crippen LogP contribution in [-0.4, -0.2) is 59.3 Å². The molecule has 11 atom stereocenters. The van der Waals surface area contributed by atoms with E-state index in [0.717, 1.165) is 24.2 Å². The first-order valence-electron chi connectivity index (χ1n) is 18.5. The lowest BCUT2D eigenvalue weighted by molar-refractivity contribution is -0.122. The van der Waals surface area contributed by atoms with Crippen LogP contribution in [-0.2, 0) is 20.9 Å². The van der Waals surface area contributed by atoms with E-state index in [1.54, 1.807) is 5.57 Å². The summed E-state index contributed by atoms with van der Waals surface area (Å²) in [4.78, 5) is 12.9. The molecule has 4 N–H and O–H groups in total. The highest BCUT2D eigenvalue weighted by Gasteiger charge is 2.63. The van der Waals surface area contributed by atoms with Crippen LogP contribution >= 0.6 is 0 Å². The Morgan fingerprint density at radius 3 is 2.58 bits per heavy atom. The number of aliphatic hydroxyl groups is 3. The third kappa shape index (κ3) is 6.18. The van der Waals surface area contributed by atoms with Crippen molar-refractivity contribution < 1.29 is 38.4 Å². The van der Waals surface area contributed by atoms with Gasteiger partial charge in [-0.1, -0.05) is 45.8 Å². The number of ether oxygens (including phenoxy) is 2. The molecule has 1 heterocycles. The van der Waals surface area contributed by atoms with Crippen LogP contribution in [0.15, 0.2) is 23.8 Å². The Hall–Kier alpha value is -1.91. The molecule has 1 aliphatic heterocycles. The van der Waals surface area contributed by atoms with Crippen LogP contribution in [0.2, 0.25) is 0 Å². The van der Waals surface area contributed by atoms with Gasteiger partial charge in [-0.15, -0.1) is 0 Å². The van der Waals surface area contributed by atoms with Gasteiger partial charge in [0.15, 0.2) is 0 Å². The number of allylic oxidation sites excluding steroid dienone is 2. The van der Waals surface area contributed by atoms with Crippen molar-refractivity contribution in [1.29, 1.82) is 0 Å². The van der Waals surface area contributed by atoms with Gasteiger partial charge in [0.2, 0.25) is 5.91 Å². The van der Waals surface area contributed by atoms with E-state index in [1.807, 2.05) is 0 Å². The zero-order valence-electron chi connectivity index (χ0n) is 29.3. The van der Waals surface area contributed by atoms with E-state index in [1.165, 1.54) is 63.9 Å². The Morgan fingerprint density at radius 1 is 1.06 bits per heavy atom. The first-order valence-corrected chi connectivity index (χ1v) is 18.5. The maximum absolute atomic E-state index is 14.6. The smallest absolute Gasteiger partial charge is 0.220 e. The molecule has 6 rings (SSSR count). The van der Waals surface area contributed by atoms with Crippen LogP contribution in [0.4, 0.5) is 8.78 Å².